The standard InChI is InChI=1S/C12H19NO2/c1-9-8-12(10(2)7-11(9)13)15-6-4-5-14-3/h7-8H,4-6,13H2,1-3H3. The van der Waals surface area contributed by atoms with Crippen molar-refractivity contribution in [1.29, 1.82) is 0 Å². The first kappa shape index (κ1) is 11.9. The van der Waals surface area contributed by atoms with Crippen molar-refractivity contribution in [3.63, 3.8) is 0 Å². The molecule has 0 aliphatic heterocycles. The summed E-state index contributed by atoms with van der Waals surface area (Å²) in [4.78, 5) is 0. The Hall–Kier alpha value is -1.22. The van der Waals surface area contributed by atoms with E-state index in [1.54, 1.807) is 7.11 Å². The molecule has 0 fully saturated rings. The third-order valence-corrected chi connectivity index (χ3v) is 2.31. The maximum Gasteiger partial charge on any atom is 0.122 e. The zero-order valence-corrected chi connectivity index (χ0v) is 9.67. The summed E-state index contributed by atoms with van der Waals surface area (Å²) in [5.74, 6) is 0.915. The number of aryl methyl sites for hydroxylation is 2. The summed E-state index contributed by atoms with van der Waals surface area (Å²) in [5.41, 5.74) is 8.74. The van der Waals surface area contributed by atoms with Crippen molar-refractivity contribution in [1.82, 2.24) is 0 Å². The molecule has 2 N–H and O–H groups in total. The highest BCUT2D eigenvalue weighted by atomic mass is 16.5. The Morgan fingerprint density at radius 2 is 1.87 bits per heavy atom. The Labute approximate surface area is 91.2 Å². The molecule has 0 bridgehead atoms. The van der Waals surface area contributed by atoms with E-state index in [9.17, 15) is 0 Å². The Kier molecular flexibility index (Phi) is 4.43. The third-order valence-electron chi connectivity index (χ3n) is 2.31. The summed E-state index contributed by atoms with van der Waals surface area (Å²) in [6.45, 7) is 5.39. The quantitative estimate of drug-likeness (QED) is 0.598. The molecule has 84 valence electrons. The van der Waals surface area contributed by atoms with Gasteiger partial charge in [-0.05, 0) is 37.1 Å². The van der Waals surface area contributed by atoms with Crippen LogP contribution < -0.4 is 10.5 Å². The molecule has 0 unspecified atom stereocenters. The van der Waals surface area contributed by atoms with Crippen molar-refractivity contribution < 1.29 is 9.47 Å². The number of methoxy groups -OCH3 is 1. The van der Waals surface area contributed by atoms with E-state index in [0.29, 0.717) is 6.61 Å². The molecule has 0 saturated carbocycles. The van der Waals surface area contributed by atoms with Crippen LogP contribution in [0.5, 0.6) is 5.75 Å². The second kappa shape index (κ2) is 5.61. The fourth-order valence-electron chi connectivity index (χ4n) is 1.35. The van der Waals surface area contributed by atoms with E-state index in [2.05, 4.69) is 0 Å². The van der Waals surface area contributed by atoms with E-state index in [-0.39, 0.29) is 0 Å². The summed E-state index contributed by atoms with van der Waals surface area (Å²) < 4.78 is 10.6. The molecule has 0 atom stereocenters. The van der Waals surface area contributed by atoms with Crippen molar-refractivity contribution in [3.8, 4) is 5.75 Å². The van der Waals surface area contributed by atoms with Crippen LogP contribution in [-0.2, 0) is 4.74 Å². The summed E-state index contributed by atoms with van der Waals surface area (Å²) in [5, 5.41) is 0. The van der Waals surface area contributed by atoms with Crippen molar-refractivity contribution in [2.24, 2.45) is 0 Å². The minimum absolute atomic E-state index is 0.679. The molecule has 1 aromatic carbocycles. The largest absolute Gasteiger partial charge is 0.493 e. The van der Waals surface area contributed by atoms with Crippen LogP contribution in [0.2, 0.25) is 0 Å². The van der Waals surface area contributed by atoms with Gasteiger partial charge >= 0.3 is 0 Å². The highest BCUT2D eigenvalue weighted by molar-refractivity contribution is 5.53. The topological polar surface area (TPSA) is 44.5 Å². The molecule has 0 aliphatic carbocycles. The van der Waals surface area contributed by atoms with Gasteiger partial charge in [0, 0.05) is 25.8 Å². The molecule has 1 aromatic rings. The molecule has 0 radical (unpaired) electrons. The molecule has 0 spiro atoms. The first-order valence-electron chi connectivity index (χ1n) is 5.13. The fraction of sp³-hybridized carbons (Fsp3) is 0.500. The normalized spacial score (nSPS) is 10.3. The number of rotatable bonds is 5. The van der Waals surface area contributed by atoms with Crippen molar-refractivity contribution in [3.05, 3.63) is 23.3 Å². The molecular formula is C12H19NO2. The van der Waals surface area contributed by atoms with Crippen LogP contribution in [0.1, 0.15) is 17.5 Å². The summed E-state index contributed by atoms with van der Waals surface area (Å²) in [6, 6.07) is 3.93. The van der Waals surface area contributed by atoms with E-state index in [0.717, 1.165) is 35.6 Å². The van der Waals surface area contributed by atoms with Crippen molar-refractivity contribution >= 4 is 5.69 Å². The van der Waals surface area contributed by atoms with Gasteiger partial charge in [-0.25, -0.2) is 0 Å². The van der Waals surface area contributed by atoms with E-state index < -0.39 is 0 Å². The number of benzene rings is 1. The van der Waals surface area contributed by atoms with Gasteiger partial charge in [-0.1, -0.05) is 0 Å². The zero-order valence-electron chi connectivity index (χ0n) is 9.67. The predicted molar refractivity (Wildman–Crippen MR) is 62.3 cm³/mol. The number of ether oxygens (including phenoxy) is 2. The van der Waals surface area contributed by atoms with Gasteiger partial charge in [-0.15, -0.1) is 0 Å². The predicted octanol–water partition coefficient (Wildman–Crippen LogP) is 2.30. The van der Waals surface area contributed by atoms with Gasteiger partial charge in [0.15, 0.2) is 0 Å². The molecule has 0 heterocycles. The number of hydrogen-bond acceptors (Lipinski definition) is 3. The second-order valence-corrected chi connectivity index (χ2v) is 3.67. The molecule has 0 aliphatic rings. The van der Waals surface area contributed by atoms with Crippen LogP contribution in [0.4, 0.5) is 5.69 Å². The van der Waals surface area contributed by atoms with E-state index in [1.807, 2.05) is 26.0 Å². The SMILES string of the molecule is COCCCOc1cc(C)c(N)cc1C. The lowest BCUT2D eigenvalue weighted by atomic mass is 10.1. The van der Waals surface area contributed by atoms with E-state index in [4.69, 9.17) is 15.2 Å². The summed E-state index contributed by atoms with van der Waals surface area (Å²) >= 11 is 0. The van der Waals surface area contributed by atoms with E-state index in [1.165, 1.54) is 0 Å². The first-order chi connectivity index (χ1) is 7.15. The number of anilines is 1. The van der Waals surface area contributed by atoms with Crippen molar-refractivity contribution in [2.45, 2.75) is 20.3 Å². The highest BCUT2D eigenvalue weighted by Gasteiger charge is 2.02. The van der Waals surface area contributed by atoms with Gasteiger partial charge in [0.2, 0.25) is 0 Å². The fourth-order valence-corrected chi connectivity index (χ4v) is 1.35. The van der Waals surface area contributed by atoms with Crippen LogP contribution in [0, 0.1) is 13.8 Å². The Balaban J connectivity index is 2.57. The molecule has 15 heavy (non-hydrogen) atoms. The van der Waals surface area contributed by atoms with Gasteiger partial charge in [-0.3, -0.25) is 0 Å². The molecular weight excluding hydrogens is 190 g/mol. The van der Waals surface area contributed by atoms with Crippen LogP contribution in [0.15, 0.2) is 12.1 Å². The Morgan fingerprint density at radius 1 is 1.13 bits per heavy atom. The van der Waals surface area contributed by atoms with E-state index >= 15 is 0 Å². The summed E-state index contributed by atoms with van der Waals surface area (Å²) in [6.07, 6.45) is 0.902. The molecule has 1 rings (SSSR count). The van der Waals surface area contributed by atoms with Crippen molar-refractivity contribution in [2.75, 3.05) is 26.1 Å². The van der Waals surface area contributed by atoms with Crippen LogP contribution in [-0.4, -0.2) is 20.3 Å². The minimum Gasteiger partial charge on any atom is -0.493 e. The summed E-state index contributed by atoms with van der Waals surface area (Å²) in [7, 11) is 1.69. The van der Waals surface area contributed by atoms with Gasteiger partial charge in [0.25, 0.3) is 0 Å². The zero-order chi connectivity index (χ0) is 11.3. The number of nitrogen functional groups attached to an aromatic ring is 1. The van der Waals surface area contributed by atoms with Crippen LogP contribution >= 0.6 is 0 Å². The monoisotopic (exact) mass is 209 g/mol. The number of hydrogen-bond donors (Lipinski definition) is 1. The molecule has 0 amide bonds. The van der Waals surface area contributed by atoms with Gasteiger partial charge < -0.3 is 15.2 Å². The third kappa shape index (κ3) is 3.44. The molecule has 3 heteroatoms. The van der Waals surface area contributed by atoms with Crippen LogP contribution in [0.3, 0.4) is 0 Å². The Morgan fingerprint density at radius 3 is 2.53 bits per heavy atom. The first-order valence-corrected chi connectivity index (χ1v) is 5.13. The van der Waals surface area contributed by atoms with Crippen LogP contribution in [0.25, 0.3) is 0 Å². The van der Waals surface area contributed by atoms with Gasteiger partial charge in [-0.2, -0.15) is 0 Å². The van der Waals surface area contributed by atoms with Gasteiger partial charge in [0.1, 0.15) is 5.75 Å². The maximum atomic E-state index is 5.79. The van der Waals surface area contributed by atoms with Gasteiger partial charge in [0.05, 0.1) is 6.61 Å². The molecule has 3 nitrogen and oxygen atoms in total. The second-order valence-electron chi connectivity index (χ2n) is 3.67. The molecule has 0 saturated heterocycles. The lowest BCUT2D eigenvalue weighted by Gasteiger charge is -2.11. The lowest BCUT2D eigenvalue weighted by molar-refractivity contribution is 0.172. The average Bonchev–Trinajstić information content (AvgIpc) is 2.20. The Bertz CT molecular complexity index is 324. The minimum atomic E-state index is 0.679. The number of nitrogens with two attached hydrogens (primary N) is 1. The average molecular weight is 209 g/mol. The molecule has 0 aromatic heterocycles. The highest BCUT2D eigenvalue weighted by Crippen LogP contribution is 2.24. The lowest BCUT2D eigenvalue weighted by Crippen LogP contribution is -2.03. The maximum absolute atomic E-state index is 5.79. The smallest absolute Gasteiger partial charge is 0.122 e.